The number of hydrogen-bond acceptors (Lipinski definition) is 4. The van der Waals surface area contributed by atoms with Crippen molar-refractivity contribution in [2.75, 3.05) is 26.7 Å². The third-order valence-electron chi connectivity index (χ3n) is 6.98. The number of carbonyl (C=O) groups is 1. The highest BCUT2D eigenvalue weighted by Gasteiger charge is 2.41. The number of nitrogens with zero attached hydrogens (tertiary/aromatic N) is 2. The van der Waals surface area contributed by atoms with E-state index in [9.17, 15) is 14.3 Å². The predicted molar refractivity (Wildman–Crippen MR) is 140 cm³/mol. The standard InChI is InChI=1S/C28H26Cl2F2N2O3/c1-37-19-5-7-25-20(16-19)26(22(30)17-33-25)24(32)8-9-28(27(35)36)10-13-34(14-11-28)12-2-3-18-4-6-23(31)21(29)15-18/h4-7,15-17,24H,8-14H2,1H3,(H,35,36). The molecule has 0 bridgehead atoms. The van der Waals surface area contributed by atoms with Gasteiger partial charge >= 0.3 is 5.97 Å². The van der Waals surface area contributed by atoms with Gasteiger partial charge in [-0.1, -0.05) is 35.0 Å². The summed E-state index contributed by atoms with van der Waals surface area (Å²) in [6.07, 6.45) is 0.947. The maximum Gasteiger partial charge on any atom is 0.309 e. The molecule has 1 N–H and O–H groups in total. The molecular formula is C28H26Cl2F2N2O3. The fourth-order valence-electron chi connectivity index (χ4n) is 4.70. The Balaban J connectivity index is 1.41. The second-order valence-electron chi connectivity index (χ2n) is 9.20. The lowest BCUT2D eigenvalue weighted by Crippen LogP contribution is -2.44. The second kappa shape index (κ2) is 11.6. The highest BCUT2D eigenvalue weighted by atomic mass is 35.5. The minimum absolute atomic E-state index is 0.0161. The molecule has 0 aliphatic carbocycles. The van der Waals surface area contributed by atoms with Crippen molar-refractivity contribution in [1.82, 2.24) is 9.88 Å². The first-order valence-corrected chi connectivity index (χ1v) is 12.6. The van der Waals surface area contributed by atoms with Gasteiger partial charge in [0.2, 0.25) is 0 Å². The molecule has 1 aromatic heterocycles. The van der Waals surface area contributed by atoms with Gasteiger partial charge in [0, 0.05) is 35.8 Å². The summed E-state index contributed by atoms with van der Waals surface area (Å²) in [5.74, 6) is 5.14. The van der Waals surface area contributed by atoms with Crippen LogP contribution in [-0.4, -0.2) is 47.7 Å². The quantitative estimate of drug-likeness (QED) is 0.334. The van der Waals surface area contributed by atoms with Crippen LogP contribution in [0.2, 0.25) is 10.0 Å². The Morgan fingerprint density at radius 2 is 1.97 bits per heavy atom. The molecule has 1 aliphatic rings. The Hall–Kier alpha value is -2.92. The molecule has 1 saturated heterocycles. The number of pyridine rings is 1. The summed E-state index contributed by atoms with van der Waals surface area (Å²) in [5.41, 5.74) is 0.483. The average Bonchev–Trinajstić information content (AvgIpc) is 2.89. The van der Waals surface area contributed by atoms with Crippen LogP contribution in [0.4, 0.5) is 8.78 Å². The molecule has 9 heteroatoms. The molecule has 0 radical (unpaired) electrons. The van der Waals surface area contributed by atoms with Crippen molar-refractivity contribution in [2.24, 2.45) is 5.41 Å². The summed E-state index contributed by atoms with van der Waals surface area (Å²) < 4.78 is 34.2. The molecule has 37 heavy (non-hydrogen) atoms. The fourth-order valence-corrected chi connectivity index (χ4v) is 5.15. The van der Waals surface area contributed by atoms with Crippen molar-refractivity contribution in [3.8, 4) is 17.6 Å². The number of aliphatic carboxylic acids is 1. The number of piperidine rings is 1. The molecule has 194 valence electrons. The lowest BCUT2D eigenvalue weighted by Gasteiger charge is -2.38. The van der Waals surface area contributed by atoms with Gasteiger partial charge in [0.1, 0.15) is 17.7 Å². The van der Waals surface area contributed by atoms with Gasteiger partial charge in [-0.3, -0.25) is 14.7 Å². The highest BCUT2D eigenvalue weighted by Crippen LogP contribution is 2.42. The van der Waals surface area contributed by atoms with Gasteiger partial charge < -0.3 is 9.84 Å². The van der Waals surface area contributed by atoms with Gasteiger partial charge in [-0.2, -0.15) is 0 Å². The summed E-state index contributed by atoms with van der Waals surface area (Å²) in [5, 5.41) is 10.8. The van der Waals surface area contributed by atoms with E-state index in [2.05, 4.69) is 21.7 Å². The normalized spacial score (nSPS) is 16.1. The molecule has 1 atom stereocenters. The summed E-state index contributed by atoms with van der Waals surface area (Å²) in [6.45, 7) is 1.49. The second-order valence-corrected chi connectivity index (χ2v) is 10.0. The van der Waals surface area contributed by atoms with E-state index in [-0.39, 0.29) is 22.9 Å². The molecule has 2 aromatic carbocycles. The van der Waals surface area contributed by atoms with Gasteiger partial charge in [-0.05, 0) is 62.1 Å². The third-order valence-corrected chi connectivity index (χ3v) is 7.57. The summed E-state index contributed by atoms with van der Waals surface area (Å²) in [6, 6.07) is 9.47. The Bertz CT molecular complexity index is 1360. The number of carboxylic acid groups (broad SMARTS) is 1. The smallest absolute Gasteiger partial charge is 0.309 e. The van der Waals surface area contributed by atoms with Crippen molar-refractivity contribution in [3.05, 3.63) is 69.6 Å². The Morgan fingerprint density at radius 3 is 2.65 bits per heavy atom. The van der Waals surface area contributed by atoms with E-state index >= 15 is 4.39 Å². The molecule has 0 spiro atoms. The number of likely N-dealkylation sites (tertiary alicyclic amines) is 1. The van der Waals surface area contributed by atoms with Crippen LogP contribution in [0.3, 0.4) is 0 Å². The van der Waals surface area contributed by atoms with E-state index in [0.717, 1.165) is 0 Å². The van der Waals surface area contributed by atoms with E-state index < -0.39 is 23.4 Å². The predicted octanol–water partition coefficient (Wildman–Crippen LogP) is 6.70. The molecule has 0 amide bonds. The minimum atomic E-state index is -1.45. The number of methoxy groups -OCH3 is 1. The number of benzene rings is 2. The first-order valence-electron chi connectivity index (χ1n) is 11.9. The van der Waals surface area contributed by atoms with Crippen molar-refractivity contribution in [1.29, 1.82) is 0 Å². The minimum Gasteiger partial charge on any atom is -0.497 e. The molecule has 5 nitrogen and oxygen atoms in total. The van der Waals surface area contributed by atoms with Crippen molar-refractivity contribution < 1.29 is 23.4 Å². The van der Waals surface area contributed by atoms with E-state index in [0.29, 0.717) is 60.3 Å². The number of carboxylic acids is 1. The number of halogens is 4. The van der Waals surface area contributed by atoms with Crippen LogP contribution in [-0.2, 0) is 4.79 Å². The Labute approximate surface area is 224 Å². The van der Waals surface area contributed by atoms with Gasteiger partial charge in [0.15, 0.2) is 0 Å². The van der Waals surface area contributed by atoms with Gasteiger partial charge in [-0.15, -0.1) is 0 Å². The topological polar surface area (TPSA) is 62.7 Å². The molecule has 3 aromatic rings. The number of hydrogen-bond donors (Lipinski definition) is 1. The monoisotopic (exact) mass is 546 g/mol. The maximum absolute atomic E-state index is 15.6. The van der Waals surface area contributed by atoms with Gasteiger partial charge in [-0.25, -0.2) is 8.78 Å². The molecule has 1 aliphatic heterocycles. The van der Waals surface area contributed by atoms with E-state index in [1.54, 1.807) is 24.3 Å². The number of rotatable bonds is 7. The lowest BCUT2D eigenvalue weighted by atomic mass is 9.74. The Kier molecular flexibility index (Phi) is 8.53. The summed E-state index contributed by atoms with van der Waals surface area (Å²) in [4.78, 5) is 18.6. The zero-order valence-corrected chi connectivity index (χ0v) is 21.8. The van der Waals surface area contributed by atoms with E-state index in [1.807, 2.05) is 0 Å². The van der Waals surface area contributed by atoms with Crippen LogP contribution in [0, 0.1) is 23.1 Å². The van der Waals surface area contributed by atoms with E-state index in [4.69, 9.17) is 27.9 Å². The van der Waals surface area contributed by atoms with Crippen LogP contribution in [0.1, 0.15) is 43.0 Å². The van der Waals surface area contributed by atoms with Crippen LogP contribution in [0.25, 0.3) is 10.9 Å². The molecule has 4 rings (SSSR count). The SMILES string of the molecule is COc1ccc2ncc(Cl)c(C(F)CCC3(C(=O)O)CCN(CC#Cc4ccc(F)c(Cl)c4)CC3)c2c1. The fraction of sp³-hybridized carbons (Fsp3) is 0.357. The third kappa shape index (κ3) is 6.15. The first-order chi connectivity index (χ1) is 17.7. The van der Waals surface area contributed by atoms with Gasteiger partial charge in [0.25, 0.3) is 0 Å². The zero-order valence-electron chi connectivity index (χ0n) is 20.2. The van der Waals surface area contributed by atoms with Crippen LogP contribution < -0.4 is 4.74 Å². The highest BCUT2D eigenvalue weighted by molar-refractivity contribution is 6.32. The Morgan fingerprint density at radius 1 is 1.22 bits per heavy atom. The molecule has 0 saturated carbocycles. The number of ether oxygens (including phenoxy) is 1. The van der Waals surface area contributed by atoms with Crippen molar-refractivity contribution in [3.63, 3.8) is 0 Å². The average molecular weight is 547 g/mol. The van der Waals surface area contributed by atoms with E-state index in [1.165, 1.54) is 25.4 Å². The summed E-state index contributed by atoms with van der Waals surface area (Å²) in [7, 11) is 1.53. The molecular weight excluding hydrogens is 521 g/mol. The largest absolute Gasteiger partial charge is 0.497 e. The number of alkyl halides is 1. The van der Waals surface area contributed by atoms with Crippen molar-refractivity contribution >= 4 is 40.1 Å². The molecule has 1 fully saturated rings. The van der Waals surface area contributed by atoms with Crippen molar-refractivity contribution in [2.45, 2.75) is 31.9 Å². The molecule has 1 unspecified atom stereocenters. The molecule has 2 heterocycles. The van der Waals surface area contributed by atoms with Gasteiger partial charge in [0.05, 0.1) is 34.6 Å². The maximum atomic E-state index is 15.6. The van der Waals surface area contributed by atoms with Crippen LogP contribution >= 0.6 is 23.2 Å². The number of fused-ring (bicyclic) bond motifs is 1. The first kappa shape index (κ1) is 27.1. The number of aromatic nitrogens is 1. The van der Waals surface area contributed by atoms with Crippen LogP contribution in [0.15, 0.2) is 42.6 Å². The lowest BCUT2D eigenvalue weighted by molar-refractivity contribution is -0.152. The zero-order chi connectivity index (χ0) is 26.6. The summed E-state index contributed by atoms with van der Waals surface area (Å²) >= 11 is 12.1. The van der Waals surface area contributed by atoms with Crippen LogP contribution in [0.5, 0.6) is 5.75 Å².